The molecule has 3 nitrogen and oxygen atoms in total. The Bertz CT molecular complexity index is 424. The van der Waals surface area contributed by atoms with E-state index in [1.54, 1.807) is 0 Å². The predicted octanol–water partition coefficient (Wildman–Crippen LogP) is 2.62. The summed E-state index contributed by atoms with van der Waals surface area (Å²) in [6.45, 7) is 3.00. The molecule has 1 aliphatic rings. The standard InChI is InChI=1S/C12H14F2O3/c1-7(15)9-5-8(12(2,13)14)6-10-11(9)17-4-3-16-10/h5-7,15H,3-4H2,1-2H3. The van der Waals surface area contributed by atoms with Crippen LogP contribution in [0.15, 0.2) is 12.1 Å². The Balaban J connectivity index is 2.56. The number of aliphatic hydroxyl groups excluding tert-OH is 1. The van der Waals surface area contributed by atoms with E-state index in [2.05, 4.69) is 0 Å². The first-order chi connectivity index (χ1) is 7.89. The quantitative estimate of drug-likeness (QED) is 0.869. The van der Waals surface area contributed by atoms with Crippen molar-refractivity contribution in [3.05, 3.63) is 23.3 Å². The molecule has 1 aromatic carbocycles. The van der Waals surface area contributed by atoms with Gasteiger partial charge in [0.05, 0.1) is 6.10 Å². The molecule has 0 saturated carbocycles. The van der Waals surface area contributed by atoms with Crippen molar-refractivity contribution in [1.29, 1.82) is 0 Å². The fourth-order valence-corrected chi connectivity index (χ4v) is 1.74. The molecule has 17 heavy (non-hydrogen) atoms. The molecule has 0 spiro atoms. The van der Waals surface area contributed by atoms with Crippen molar-refractivity contribution in [2.45, 2.75) is 25.9 Å². The van der Waals surface area contributed by atoms with Gasteiger partial charge in [-0.3, -0.25) is 0 Å². The topological polar surface area (TPSA) is 38.7 Å². The molecule has 0 radical (unpaired) electrons. The average molecular weight is 244 g/mol. The summed E-state index contributed by atoms with van der Waals surface area (Å²) in [5.74, 6) is -2.34. The summed E-state index contributed by atoms with van der Waals surface area (Å²) in [7, 11) is 0. The third-order valence-corrected chi connectivity index (χ3v) is 2.63. The maximum Gasteiger partial charge on any atom is 0.270 e. The summed E-state index contributed by atoms with van der Waals surface area (Å²) in [6, 6.07) is 2.53. The van der Waals surface area contributed by atoms with Crippen molar-refractivity contribution in [2.24, 2.45) is 0 Å². The number of hydrogen-bond acceptors (Lipinski definition) is 3. The second-order valence-corrected chi connectivity index (χ2v) is 4.15. The molecule has 1 atom stereocenters. The zero-order valence-corrected chi connectivity index (χ0v) is 9.67. The van der Waals surface area contributed by atoms with Gasteiger partial charge in [0.15, 0.2) is 11.5 Å². The molecule has 94 valence electrons. The molecular weight excluding hydrogens is 230 g/mol. The van der Waals surface area contributed by atoms with Gasteiger partial charge < -0.3 is 14.6 Å². The van der Waals surface area contributed by atoms with E-state index in [0.29, 0.717) is 24.5 Å². The SMILES string of the molecule is CC(O)c1cc(C(C)(F)F)cc2c1OCCO2. The van der Waals surface area contributed by atoms with Crippen LogP contribution in [0.1, 0.15) is 31.1 Å². The van der Waals surface area contributed by atoms with Gasteiger partial charge in [0.25, 0.3) is 5.92 Å². The van der Waals surface area contributed by atoms with Gasteiger partial charge in [-0.1, -0.05) is 0 Å². The maximum atomic E-state index is 13.3. The van der Waals surface area contributed by atoms with Crippen molar-refractivity contribution in [3.63, 3.8) is 0 Å². The largest absolute Gasteiger partial charge is 0.486 e. The Hall–Kier alpha value is -1.36. The maximum absolute atomic E-state index is 13.3. The summed E-state index contributed by atoms with van der Waals surface area (Å²) in [4.78, 5) is 0. The first kappa shape index (κ1) is 12.1. The lowest BCUT2D eigenvalue weighted by Gasteiger charge is -2.24. The second-order valence-electron chi connectivity index (χ2n) is 4.15. The van der Waals surface area contributed by atoms with Crippen LogP contribution in [0, 0.1) is 0 Å². The fraction of sp³-hybridized carbons (Fsp3) is 0.500. The molecule has 2 rings (SSSR count). The number of fused-ring (bicyclic) bond motifs is 1. The minimum absolute atomic E-state index is 0.183. The van der Waals surface area contributed by atoms with Crippen molar-refractivity contribution in [2.75, 3.05) is 13.2 Å². The van der Waals surface area contributed by atoms with Crippen LogP contribution in [-0.2, 0) is 5.92 Å². The highest BCUT2D eigenvalue weighted by molar-refractivity contribution is 5.52. The number of benzene rings is 1. The normalized spacial score (nSPS) is 16.8. The molecule has 0 aromatic heterocycles. The monoisotopic (exact) mass is 244 g/mol. The first-order valence-electron chi connectivity index (χ1n) is 5.39. The third kappa shape index (κ3) is 2.34. The van der Waals surface area contributed by atoms with Crippen LogP contribution in [-0.4, -0.2) is 18.3 Å². The Labute approximate surface area is 98.0 Å². The van der Waals surface area contributed by atoms with Crippen molar-refractivity contribution in [3.8, 4) is 11.5 Å². The zero-order chi connectivity index (χ0) is 12.6. The lowest BCUT2D eigenvalue weighted by Crippen LogP contribution is -2.19. The van der Waals surface area contributed by atoms with Crippen molar-refractivity contribution < 1.29 is 23.4 Å². The number of rotatable bonds is 2. The van der Waals surface area contributed by atoms with Crippen LogP contribution in [0.5, 0.6) is 11.5 Å². The minimum Gasteiger partial charge on any atom is -0.486 e. The van der Waals surface area contributed by atoms with Gasteiger partial charge in [0, 0.05) is 18.1 Å². The minimum atomic E-state index is -2.97. The van der Waals surface area contributed by atoms with Gasteiger partial charge in [0.2, 0.25) is 0 Å². The molecular formula is C12H14F2O3. The number of ether oxygens (including phenoxy) is 2. The van der Waals surface area contributed by atoms with Crippen LogP contribution in [0.2, 0.25) is 0 Å². The first-order valence-corrected chi connectivity index (χ1v) is 5.39. The molecule has 5 heteroatoms. The highest BCUT2D eigenvalue weighted by Gasteiger charge is 2.29. The van der Waals surface area contributed by atoms with Gasteiger partial charge >= 0.3 is 0 Å². The number of halogens is 2. The van der Waals surface area contributed by atoms with E-state index in [9.17, 15) is 13.9 Å². The van der Waals surface area contributed by atoms with E-state index in [0.717, 1.165) is 6.92 Å². The third-order valence-electron chi connectivity index (χ3n) is 2.63. The summed E-state index contributed by atoms with van der Waals surface area (Å²) in [6.07, 6.45) is -0.882. The fourth-order valence-electron chi connectivity index (χ4n) is 1.74. The van der Waals surface area contributed by atoms with E-state index in [1.165, 1.54) is 19.1 Å². The Morgan fingerprint density at radius 3 is 2.53 bits per heavy atom. The highest BCUT2D eigenvalue weighted by atomic mass is 19.3. The predicted molar refractivity (Wildman–Crippen MR) is 57.6 cm³/mol. The van der Waals surface area contributed by atoms with Crippen LogP contribution >= 0.6 is 0 Å². The Kier molecular flexibility index (Phi) is 2.95. The molecule has 1 aromatic rings. The molecule has 0 aliphatic carbocycles. The Morgan fingerprint density at radius 2 is 1.94 bits per heavy atom. The van der Waals surface area contributed by atoms with E-state index in [-0.39, 0.29) is 11.3 Å². The summed E-state index contributed by atoms with van der Waals surface area (Å²) < 4.78 is 37.2. The van der Waals surface area contributed by atoms with E-state index in [4.69, 9.17) is 9.47 Å². The molecule has 1 aliphatic heterocycles. The molecule has 1 N–H and O–H groups in total. The van der Waals surface area contributed by atoms with E-state index >= 15 is 0 Å². The molecule has 0 amide bonds. The van der Waals surface area contributed by atoms with Gasteiger partial charge in [-0.25, -0.2) is 8.78 Å². The van der Waals surface area contributed by atoms with Crippen LogP contribution in [0.25, 0.3) is 0 Å². The molecule has 1 heterocycles. The van der Waals surface area contributed by atoms with Crippen molar-refractivity contribution in [1.82, 2.24) is 0 Å². The second kappa shape index (κ2) is 4.14. The zero-order valence-electron chi connectivity index (χ0n) is 9.67. The highest BCUT2D eigenvalue weighted by Crippen LogP contribution is 2.41. The average Bonchev–Trinajstić information content (AvgIpc) is 2.26. The lowest BCUT2D eigenvalue weighted by atomic mass is 10.0. The molecule has 0 saturated heterocycles. The number of alkyl halides is 2. The molecule has 0 fully saturated rings. The van der Waals surface area contributed by atoms with Crippen molar-refractivity contribution >= 4 is 0 Å². The van der Waals surface area contributed by atoms with Crippen LogP contribution in [0.4, 0.5) is 8.78 Å². The number of hydrogen-bond donors (Lipinski definition) is 1. The van der Waals surface area contributed by atoms with Crippen LogP contribution < -0.4 is 9.47 Å². The Morgan fingerprint density at radius 1 is 1.29 bits per heavy atom. The summed E-state index contributed by atoms with van der Waals surface area (Å²) in [5, 5.41) is 9.59. The van der Waals surface area contributed by atoms with E-state index in [1.807, 2.05) is 0 Å². The van der Waals surface area contributed by atoms with Gasteiger partial charge in [-0.2, -0.15) is 0 Å². The van der Waals surface area contributed by atoms with Gasteiger partial charge in [0.1, 0.15) is 13.2 Å². The molecule has 0 bridgehead atoms. The summed E-state index contributed by atoms with van der Waals surface area (Å²) in [5.41, 5.74) is 0.149. The van der Waals surface area contributed by atoms with E-state index < -0.39 is 12.0 Å². The van der Waals surface area contributed by atoms with Gasteiger partial charge in [-0.15, -0.1) is 0 Å². The summed E-state index contributed by atoms with van der Waals surface area (Å²) >= 11 is 0. The molecule has 1 unspecified atom stereocenters. The van der Waals surface area contributed by atoms with Gasteiger partial charge in [-0.05, 0) is 19.1 Å². The lowest BCUT2D eigenvalue weighted by molar-refractivity contribution is 0.0166. The van der Waals surface area contributed by atoms with Crippen LogP contribution in [0.3, 0.4) is 0 Å². The smallest absolute Gasteiger partial charge is 0.270 e. The number of aliphatic hydroxyl groups is 1.